The lowest BCUT2D eigenvalue weighted by molar-refractivity contribution is -0.149. The summed E-state index contributed by atoms with van der Waals surface area (Å²) in [4.78, 5) is 54.9. The van der Waals surface area contributed by atoms with E-state index in [-0.39, 0.29) is 70.8 Å². The maximum absolute atomic E-state index is 14.4. The van der Waals surface area contributed by atoms with Crippen LogP contribution >= 0.6 is 34.8 Å². The molecule has 0 radical (unpaired) electrons. The number of nitrogens with zero attached hydrogens (tertiary/aromatic N) is 9. The maximum Gasteiger partial charge on any atom is 0.303 e. The van der Waals surface area contributed by atoms with Crippen LogP contribution in [0.15, 0.2) is 79.6 Å². The summed E-state index contributed by atoms with van der Waals surface area (Å²) in [6.45, 7) is 11.0. The van der Waals surface area contributed by atoms with Crippen molar-refractivity contribution in [1.82, 2.24) is 44.6 Å². The van der Waals surface area contributed by atoms with Crippen molar-refractivity contribution in [2.24, 2.45) is 0 Å². The predicted molar refractivity (Wildman–Crippen MR) is 347 cm³/mol. The fourth-order valence-corrected chi connectivity index (χ4v) is 11.3. The zero-order valence-corrected chi connectivity index (χ0v) is 54.1. The van der Waals surface area contributed by atoms with Gasteiger partial charge in [0.05, 0.1) is 59.3 Å². The number of aliphatic hydroxyl groups is 1. The lowest BCUT2D eigenvalue weighted by atomic mass is 10.2. The average Bonchev–Trinajstić information content (AvgIpc) is 1.07. The number of aromatic nitrogens is 6. The van der Waals surface area contributed by atoms with Gasteiger partial charge in [-0.05, 0) is 108 Å². The van der Waals surface area contributed by atoms with Gasteiger partial charge in [-0.15, -0.1) is 0 Å². The first kappa shape index (κ1) is 69.0. The van der Waals surface area contributed by atoms with Crippen molar-refractivity contribution in [3.63, 3.8) is 0 Å². The summed E-state index contributed by atoms with van der Waals surface area (Å²) in [6, 6.07) is 14.6. The number of aliphatic hydroxyl groups excluding tert-OH is 1. The molecular weight excluding hydrogens is 1280 g/mol. The van der Waals surface area contributed by atoms with Gasteiger partial charge >= 0.3 is 11.9 Å². The number of carbonyl (C=O) groups is 2. The Morgan fingerprint density at radius 1 is 0.495 bits per heavy atom. The molecule has 24 nitrogen and oxygen atoms in total. The van der Waals surface area contributed by atoms with Gasteiger partial charge in [-0.1, -0.05) is 34.8 Å². The molecule has 8 aromatic rings. The van der Waals surface area contributed by atoms with Crippen LogP contribution in [-0.4, -0.2) is 190 Å². The highest BCUT2D eigenvalue weighted by atomic mass is 35.5. The van der Waals surface area contributed by atoms with E-state index in [0.717, 1.165) is 77.1 Å². The number of anilines is 4. The number of halogens is 5. The van der Waals surface area contributed by atoms with E-state index in [1.165, 1.54) is 72.0 Å². The van der Waals surface area contributed by atoms with Gasteiger partial charge in [-0.3, -0.25) is 19.4 Å². The average molecular weight is 1350 g/mol. The van der Waals surface area contributed by atoms with Crippen LogP contribution in [0.1, 0.15) is 52.4 Å². The van der Waals surface area contributed by atoms with Crippen LogP contribution in [0.25, 0.3) is 32.7 Å². The topological polar surface area (TPSA) is 280 Å². The van der Waals surface area contributed by atoms with E-state index in [0.29, 0.717) is 104 Å². The Bertz CT molecular complexity index is 3890. The number of carbonyl (C=O) groups excluding carboxylic acids is 2. The molecule has 3 aromatic heterocycles. The molecule has 3 aliphatic heterocycles. The zero-order chi connectivity index (χ0) is 66.1. The molecule has 0 saturated carbocycles. The fourth-order valence-electron chi connectivity index (χ4n) is 10.8. The summed E-state index contributed by atoms with van der Waals surface area (Å²) in [7, 11) is 4.55. The minimum absolute atomic E-state index is 0.00247. The Morgan fingerprint density at radius 3 is 1.24 bits per heavy atom. The molecule has 3 saturated heterocycles. The van der Waals surface area contributed by atoms with Crippen molar-refractivity contribution >= 4 is 102 Å². The number of rotatable bonds is 24. The number of benzene rings is 5. The van der Waals surface area contributed by atoms with Gasteiger partial charge in [0.1, 0.15) is 97.0 Å². The molecule has 0 aliphatic carbocycles. The van der Waals surface area contributed by atoms with Crippen LogP contribution in [-0.2, 0) is 19.1 Å². The highest BCUT2D eigenvalue weighted by molar-refractivity contribution is 6.34. The van der Waals surface area contributed by atoms with Gasteiger partial charge < -0.3 is 68.7 Å². The summed E-state index contributed by atoms with van der Waals surface area (Å²) in [5, 5.41) is 37.6. The second-order valence-corrected chi connectivity index (χ2v) is 23.2. The number of fused-ring (bicyclic) bond motifs is 3. The first-order valence-electron chi connectivity index (χ1n) is 30.0. The van der Waals surface area contributed by atoms with Gasteiger partial charge in [0, 0.05) is 80.0 Å². The standard InChI is InChI=1S/C24H26ClFN4O5.C22H24ClFN4O4.C18H22ClN3O4/c1-14(31)35-15(11-30-5-3-4-6-30)12-34-23-10-19-16(7-22(23)33-2)24(28-13-27-19)29-20-9-21(32)17(25)8-18(20)26;1-31-20-6-14-17(9-21(20)32-11-13(29)10-28-4-2-3-5-28)25-12-26-22(14)27-18-8-19(30)15(23)7-16(18)24;1-12(23)26-13(9-22-5-3-4-6-22)10-25-17-8-15-14(7-16(17)24-2)18(19)21-11-20-15/h7-10,13,15,32H,3-6,11-12H2,1-2H3,(H,27,28,29);6-9,12-13,29-30H,2-5,10-11H2,1H3,(H,25,26,27);7-8,11,13H,3-6,9-10H2,1-2H3. The molecule has 5 N–H and O–H groups in total. The van der Waals surface area contributed by atoms with E-state index in [2.05, 4.69) is 55.2 Å². The van der Waals surface area contributed by atoms with Crippen LogP contribution in [0, 0.1) is 11.6 Å². The highest BCUT2D eigenvalue weighted by Gasteiger charge is 2.25. The SMILES string of the molecule is COc1cc2c(Cl)ncnc2cc1OCC(CN1CCCC1)OC(C)=O.COc1cc2c(Nc3cc(O)c(Cl)cc3F)ncnc2cc1OCC(CN1CCCC1)OC(C)=O.COc1cc2c(Nc3cc(O)c(Cl)cc3F)ncnc2cc1OCC(O)CN1CCCC1. The third-order valence-electron chi connectivity index (χ3n) is 15.2. The summed E-state index contributed by atoms with van der Waals surface area (Å²) < 4.78 is 73.6. The number of phenolic OH excluding ortho intramolecular Hbond substituents is 2. The lowest BCUT2D eigenvalue weighted by Gasteiger charge is -2.23. The number of nitrogens with one attached hydrogen (secondary N) is 2. The van der Waals surface area contributed by atoms with E-state index in [4.69, 9.17) is 72.7 Å². The number of likely N-dealkylation sites (tertiary alicyclic amines) is 3. The molecule has 11 rings (SSSR count). The molecule has 29 heteroatoms. The van der Waals surface area contributed by atoms with Gasteiger partial charge in [-0.2, -0.15) is 0 Å². The molecule has 3 fully saturated rings. The minimum Gasteiger partial charge on any atom is -0.506 e. The number of aromatic hydroxyl groups is 2. The van der Waals surface area contributed by atoms with E-state index in [1.54, 1.807) is 43.5 Å². The first-order valence-corrected chi connectivity index (χ1v) is 31.1. The Balaban J connectivity index is 0.000000166. The third-order valence-corrected chi connectivity index (χ3v) is 16.1. The summed E-state index contributed by atoms with van der Waals surface area (Å²) in [6.07, 6.45) is 9.55. The van der Waals surface area contributed by atoms with Crippen molar-refractivity contribution in [2.75, 3.05) is 111 Å². The Morgan fingerprint density at radius 2 is 0.849 bits per heavy atom. The van der Waals surface area contributed by atoms with Crippen molar-refractivity contribution in [3.05, 3.63) is 106 Å². The number of hydrogen-bond acceptors (Lipinski definition) is 24. The number of hydrogen-bond donors (Lipinski definition) is 5. The van der Waals surface area contributed by atoms with E-state index in [1.807, 2.05) is 0 Å². The van der Waals surface area contributed by atoms with Crippen LogP contribution in [0.5, 0.6) is 46.0 Å². The van der Waals surface area contributed by atoms with Crippen molar-refractivity contribution < 1.29 is 71.6 Å². The van der Waals surface area contributed by atoms with Crippen LogP contribution < -0.4 is 39.1 Å². The zero-order valence-electron chi connectivity index (χ0n) is 51.8. The van der Waals surface area contributed by atoms with Crippen molar-refractivity contribution in [1.29, 1.82) is 0 Å². The predicted octanol–water partition coefficient (Wildman–Crippen LogP) is 10.7. The summed E-state index contributed by atoms with van der Waals surface area (Å²) >= 11 is 17.6. The van der Waals surface area contributed by atoms with E-state index < -0.39 is 23.8 Å². The van der Waals surface area contributed by atoms with E-state index in [9.17, 15) is 33.7 Å². The smallest absolute Gasteiger partial charge is 0.303 e. The molecule has 5 aromatic carbocycles. The van der Waals surface area contributed by atoms with Crippen LogP contribution in [0.4, 0.5) is 31.8 Å². The molecule has 0 amide bonds. The molecule has 6 heterocycles. The minimum atomic E-state index is -0.652. The number of phenols is 2. The number of methoxy groups -OCH3 is 3. The Hall–Kier alpha value is -8.37. The number of ether oxygens (including phenoxy) is 8. The molecule has 496 valence electrons. The van der Waals surface area contributed by atoms with Gasteiger partial charge in [-0.25, -0.2) is 38.7 Å². The monoisotopic (exact) mass is 1350 g/mol. The number of esters is 2. The molecule has 0 spiro atoms. The maximum atomic E-state index is 14.4. The Kier molecular flexibility index (Phi) is 24.4. The highest BCUT2D eigenvalue weighted by Crippen LogP contribution is 2.40. The Labute approximate surface area is 549 Å². The second-order valence-electron chi connectivity index (χ2n) is 22.1. The summed E-state index contributed by atoms with van der Waals surface area (Å²) in [5.41, 5.74) is 1.71. The van der Waals surface area contributed by atoms with Crippen molar-refractivity contribution in [2.45, 2.75) is 70.7 Å². The first-order chi connectivity index (χ1) is 44.8. The summed E-state index contributed by atoms with van der Waals surface area (Å²) in [5.74, 6) is 0.828. The van der Waals surface area contributed by atoms with Crippen molar-refractivity contribution in [3.8, 4) is 46.0 Å². The van der Waals surface area contributed by atoms with Gasteiger partial charge in [0.15, 0.2) is 34.5 Å². The number of β-amino-alcohol motifs (C(OH)–C–C–N with tert-alkyl or cyclic N) is 1. The third kappa shape index (κ3) is 18.9. The van der Waals surface area contributed by atoms with Crippen LogP contribution in [0.2, 0.25) is 15.2 Å². The van der Waals surface area contributed by atoms with Gasteiger partial charge in [0.2, 0.25) is 0 Å². The molecule has 3 unspecified atom stereocenters. The largest absolute Gasteiger partial charge is 0.506 e. The lowest BCUT2D eigenvalue weighted by Crippen LogP contribution is -2.37. The second kappa shape index (κ2) is 33.0. The quantitative estimate of drug-likeness (QED) is 0.0278. The van der Waals surface area contributed by atoms with Crippen LogP contribution in [0.3, 0.4) is 0 Å². The van der Waals surface area contributed by atoms with Gasteiger partial charge in [0.25, 0.3) is 0 Å². The molecule has 3 aliphatic rings. The molecule has 93 heavy (non-hydrogen) atoms. The molecule has 0 bridgehead atoms. The molecule has 3 atom stereocenters. The fraction of sp³-hybridized carbons (Fsp3) is 0.406. The van der Waals surface area contributed by atoms with E-state index >= 15 is 0 Å². The molecular formula is C64H72Cl3F2N11O13. The normalized spacial score (nSPS) is 15.1.